The predicted molar refractivity (Wildman–Crippen MR) is 161 cm³/mol. The Bertz CT molecular complexity index is 988. The molecule has 3 rings (SSSR count). The van der Waals surface area contributed by atoms with Crippen LogP contribution in [-0.4, -0.2) is 49.1 Å². The highest BCUT2D eigenvalue weighted by Gasteiger charge is 2.42. The van der Waals surface area contributed by atoms with Crippen LogP contribution in [0.25, 0.3) is 11.1 Å². The van der Waals surface area contributed by atoms with Crippen molar-refractivity contribution in [1.29, 1.82) is 0 Å². The van der Waals surface area contributed by atoms with E-state index in [1.165, 1.54) is 73.9 Å². The smallest absolute Gasteiger partial charge is 0.0246 e. The van der Waals surface area contributed by atoms with Gasteiger partial charge in [0.25, 0.3) is 0 Å². The standard InChI is InChI=1S/C35H48N2/c1-7-29-19-21-31-32-22-20-30(8-2)28-34(32)35(33(31)27-29,23-15-13-17-25-36(9-3)10-4)24-16-14-18-26-37(11-5)12-6/h1-2,19-22,27-28H,9-18,23-26H2,3-6H3. The Hall–Kier alpha value is -2.52. The van der Waals surface area contributed by atoms with E-state index in [0.29, 0.717) is 0 Å². The lowest BCUT2D eigenvalue weighted by atomic mass is 9.70. The normalized spacial score (nSPS) is 13.4. The van der Waals surface area contributed by atoms with Crippen molar-refractivity contribution >= 4 is 0 Å². The molecule has 0 amide bonds. The molecule has 0 spiro atoms. The number of hydrogen-bond donors (Lipinski definition) is 0. The Labute approximate surface area is 227 Å². The Morgan fingerprint density at radius 2 is 1.00 bits per heavy atom. The molecule has 0 unspecified atom stereocenters. The third-order valence-electron chi connectivity index (χ3n) is 8.64. The summed E-state index contributed by atoms with van der Waals surface area (Å²) in [7, 11) is 0. The van der Waals surface area contributed by atoms with Crippen LogP contribution in [0.5, 0.6) is 0 Å². The second-order valence-electron chi connectivity index (χ2n) is 10.6. The number of unbranched alkanes of at least 4 members (excludes halogenated alkanes) is 4. The molecule has 2 aromatic rings. The highest BCUT2D eigenvalue weighted by molar-refractivity contribution is 5.82. The summed E-state index contributed by atoms with van der Waals surface area (Å²) in [5.74, 6) is 5.81. The lowest BCUT2D eigenvalue weighted by Crippen LogP contribution is -2.27. The van der Waals surface area contributed by atoms with Crippen LogP contribution in [0, 0.1) is 24.7 Å². The highest BCUT2D eigenvalue weighted by Crippen LogP contribution is 2.54. The van der Waals surface area contributed by atoms with E-state index < -0.39 is 0 Å². The molecule has 2 nitrogen and oxygen atoms in total. The first-order chi connectivity index (χ1) is 18.1. The quantitative estimate of drug-likeness (QED) is 0.173. The first-order valence-corrected chi connectivity index (χ1v) is 14.7. The maximum absolute atomic E-state index is 5.89. The summed E-state index contributed by atoms with van der Waals surface area (Å²) in [5, 5.41) is 0. The van der Waals surface area contributed by atoms with Gasteiger partial charge >= 0.3 is 0 Å². The summed E-state index contributed by atoms with van der Waals surface area (Å²) in [5.41, 5.74) is 7.52. The molecule has 198 valence electrons. The molecule has 0 heterocycles. The molecule has 0 fully saturated rings. The Morgan fingerprint density at radius 1 is 0.595 bits per heavy atom. The van der Waals surface area contributed by atoms with Gasteiger partial charge in [-0.05, 0) is 111 Å². The van der Waals surface area contributed by atoms with Crippen LogP contribution in [0.2, 0.25) is 0 Å². The first-order valence-electron chi connectivity index (χ1n) is 14.7. The first kappa shape index (κ1) is 29.0. The molecule has 0 saturated carbocycles. The zero-order chi connectivity index (χ0) is 26.7. The molecular weight excluding hydrogens is 448 g/mol. The molecule has 0 atom stereocenters. The van der Waals surface area contributed by atoms with Gasteiger partial charge in [-0.1, -0.05) is 77.4 Å². The maximum atomic E-state index is 5.89. The molecular formula is C35H48N2. The van der Waals surface area contributed by atoms with Crippen LogP contribution in [0.4, 0.5) is 0 Å². The van der Waals surface area contributed by atoms with Gasteiger partial charge in [-0.3, -0.25) is 0 Å². The fraction of sp³-hybridized carbons (Fsp3) is 0.543. The Morgan fingerprint density at radius 3 is 1.35 bits per heavy atom. The molecule has 0 radical (unpaired) electrons. The van der Waals surface area contributed by atoms with E-state index in [1.54, 1.807) is 0 Å². The average molecular weight is 497 g/mol. The molecule has 0 aromatic heterocycles. The van der Waals surface area contributed by atoms with Gasteiger partial charge in [0.2, 0.25) is 0 Å². The summed E-state index contributed by atoms with van der Waals surface area (Å²) in [4.78, 5) is 5.06. The number of terminal acetylenes is 2. The molecule has 1 aliphatic rings. The molecule has 0 aliphatic heterocycles. The van der Waals surface area contributed by atoms with Crippen molar-refractivity contribution in [2.75, 3.05) is 39.3 Å². The molecule has 0 bridgehead atoms. The molecule has 1 aliphatic carbocycles. The van der Waals surface area contributed by atoms with Gasteiger partial charge in [0.15, 0.2) is 0 Å². The summed E-state index contributed by atoms with van der Waals surface area (Å²) in [6.45, 7) is 16.0. The van der Waals surface area contributed by atoms with E-state index in [2.05, 4.69) is 85.7 Å². The van der Waals surface area contributed by atoms with Crippen LogP contribution >= 0.6 is 0 Å². The Balaban J connectivity index is 1.88. The van der Waals surface area contributed by atoms with Gasteiger partial charge < -0.3 is 9.80 Å². The SMILES string of the molecule is C#Cc1ccc2c(c1)C(CCCCCN(CC)CC)(CCCCCN(CC)CC)c1cc(C#C)ccc1-2. The summed E-state index contributed by atoms with van der Waals surface area (Å²) < 4.78 is 0. The van der Waals surface area contributed by atoms with E-state index in [9.17, 15) is 0 Å². The zero-order valence-corrected chi connectivity index (χ0v) is 23.9. The van der Waals surface area contributed by atoms with E-state index in [1.807, 2.05) is 0 Å². The minimum atomic E-state index is -0.00517. The van der Waals surface area contributed by atoms with Gasteiger partial charge in [-0.25, -0.2) is 0 Å². The van der Waals surface area contributed by atoms with E-state index >= 15 is 0 Å². The monoisotopic (exact) mass is 496 g/mol. The summed E-state index contributed by atoms with van der Waals surface area (Å²) in [6, 6.07) is 13.3. The number of hydrogen-bond acceptors (Lipinski definition) is 2. The zero-order valence-electron chi connectivity index (χ0n) is 23.9. The number of benzene rings is 2. The average Bonchev–Trinajstić information content (AvgIpc) is 3.21. The number of fused-ring (bicyclic) bond motifs is 3. The lowest BCUT2D eigenvalue weighted by Gasteiger charge is -2.33. The largest absolute Gasteiger partial charge is 0.304 e. The van der Waals surface area contributed by atoms with Crippen molar-refractivity contribution in [3.05, 3.63) is 58.7 Å². The van der Waals surface area contributed by atoms with Crippen LogP contribution < -0.4 is 0 Å². The van der Waals surface area contributed by atoms with Crippen LogP contribution in [0.1, 0.15) is 101 Å². The lowest BCUT2D eigenvalue weighted by molar-refractivity contribution is 0.288. The number of rotatable bonds is 16. The molecule has 0 saturated heterocycles. The van der Waals surface area contributed by atoms with Gasteiger partial charge in [0.1, 0.15) is 0 Å². The molecule has 2 aromatic carbocycles. The second kappa shape index (κ2) is 14.4. The predicted octanol–water partition coefficient (Wildman–Crippen LogP) is 7.72. The van der Waals surface area contributed by atoms with Gasteiger partial charge in [0, 0.05) is 16.5 Å². The van der Waals surface area contributed by atoms with Crippen LogP contribution in [-0.2, 0) is 5.41 Å². The van der Waals surface area contributed by atoms with E-state index in [-0.39, 0.29) is 5.41 Å². The van der Waals surface area contributed by atoms with E-state index in [4.69, 9.17) is 12.8 Å². The maximum Gasteiger partial charge on any atom is 0.0246 e. The Kier molecular flexibility index (Phi) is 11.3. The van der Waals surface area contributed by atoms with Gasteiger partial charge in [0.05, 0.1) is 0 Å². The topological polar surface area (TPSA) is 6.48 Å². The second-order valence-corrected chi connectivity index (χ2v) is 10.6. The van der Waals surface area contributed by atoms with Crippen molar-refractivity contribution in [2.45, 2.75) is 84.5 Å². The van der Waals surface area contributed by atoms with Crippen LogP contribution in [0.3, 0.4) is 0 Å². The highest BCUT2D eigenvalue weighted by atomic mass is 15.1. The van der Waals surface area contributed by atoms with Crippen molar-refractivity contribution in [2.24, 2.45) is 0 Å². The van der Waals surface area contributed by atoms with Gasteiger partial charge in [-0.2, -0.15) is 0 Å². The van der Waals surface area contributed by atoms with Gasteiger partial charge in [-0.15, -0.1) is 12.8 Å². The van der Waals surface area contributed by atoms with E-state index in [0.717, 1.165) is 50.1 Å². The number of nitrogens with zero attached hydrogens (tertiary/aromatic N) is 2. The molecule has 2 heteroatoms. The third kappa shape index (κ3) is 6.87. The molecule has 37 heavy (non-hydrogen) atoms. The fourth-order valence-corrected chi connectivity index (χ4v) is 6.30. The summed E-state index contributed by atoms with van der Waals surface area (Å²) >= 11 is 0. The van der Waals surface area contributed by atoms with Crippen molar-refractivity contribution in [1.82, 2.24) is 9.80 Å². The summed E-state index contributed by atoms with van der Waals surface area (Å²) in [6.07, 6.45) is 21.6. The molecule has 0 N–H and O–H groups in total. The van der Waals surface area contributed by atoms with Crippen molar-refractivity contribution in [3.8, 4) is 35.8 Å². The van der Waals surface area contributed by atoms with Crippen LogP contribution in [0.15, 0.2) is 36.4 Å². The fourth-order valence-electron chi connectivity index (χ4n) is 6.30. The van der Waals surface area contributed by atoms with Crippen molar-refractivity contribution in [3.63, 3.8) is 0 Å². The van der Waals surface area contributed by atoms with Crippen molar-refractivity contribution < 1.29 is 0 Å². The third-order valence-corrected chi connectivity index (χ3v) is 8.64. The minimum absolute atomic E-state index is 0.00517. The minimum Gasteiger partial charge on any atom is -0.304 e.